The van der Waals surface area contributed by atoms with Crippen LogP contribution in [0.5, 0.6) is 0 Å². The van der Waals surface area contributed by atoms with E-state index < -0.39 is 0 Å². The Morgan fingerprint density at radius 1 is 1.53 bits per heavy atom. The van der Waals surface area contributed by atoms with E-state index in [-0.39, 0.29) is 5.92 Å². The van der Waals surface area contributed by atoms with Gasteiger partial charge in [0.1, 0.15) is 5.78 Å². The third-order valence-electron chi connectivity index (χ3n) is 3.16. The van der Waals surface area contributed by atoms with Gasteiger partial charge in [-0.2, -0.15) is 5.26 Å². The zero-order chi connectivity index (χ0) is 11.3. The smallest absolute Gasteiger partial charge is 0.133 e. The van der Waals surface area contributed by atoms with Gasteiger partial charge in [-0.15, -0.1) is 0 Å². The zero-order valence-electron chi connectivity index (χ0n) is 9.70. The van der Waals surface area contributed by atoms with E-state index in [2.05, 4.69) is 17.9 Å². The van der Waals surface area contributed by atoms with Crippen LogP contribution in [0.1, 0.15) is 39.5 Å². The van der Waals surface area contributed by atoms with Crippen molar-refractivity contribution in [3.8, 4) is 6.07 Å². The lowest BCUT2D eigenvalue weighted by Crippen LogP contribution is -2.40. The summed E-state index contributed by atoms with van der Waals surface area (Å²) in [7, 11) is 0. The molecule has 0 spiro atoms. The molecule has 1 fully saturated rings. The Kier molecular flexibility index (Phi) is 4.77. The highest BCUT2D eigenvalue weighted by Gasteiger charge is 2.24. The molecule has 1 rings (SSSR count). The van der Waals surface area contributed by atoms with E-state index in [1.807, 2.05) is 6.92 Å². The van der Waals surface area contributed by atoms with Crippen LogP contribution in [0.4, 0.5) is 0 Å². The van der Waals surface area contributed by atoms with Crippen LogP contribution in [0.15, 0.2) is 0 Å². The molecule has 0 saturated heterocycles. The van der Waals surface area contributed by atoms with Gasteiger partial charge in [0, 0.05) is 25.4 Å². The maximum atomic E-state index is 11.1. The molecule has 1 aliphatic carbocycles. The van der Waals surface area contributed by atoms with Gasteiger partial charge in [0.05, 0.1) is 12.0 Å². The summed E-state index contributed by atoms with van der Waals surface area (Å²) in [4.78, 5) is 13.5. The Morgan fingerprint density at radius 2 is 2.13 bits per heavy atom. The maximum absolute atomic E-state index is 11.1. The van der Waals surface area contributed by atoms with Crippen molar-refractivity contribution >= 4 is 5.78 Å². The lowest BCUT2D eigenvalue weighted by Gasteiger charge is -2.33. The molecule has 1 unspecified atom stereocenters. The van der Waals surface area contributed by atoms with Gasteiger partial charge >= 0.3 is 0 Å². The minimum absolute atomic E-state index is 0.0857. The molecular formula is C12H20N2O. The first kappa shape index (κ1) is 12.2. The molecule has 0 aromatic heterocycles. The minimum Gasteiger partial charge on any atom is -0.300 e. The van der Waals surface area contributed by atoms with E-state index in [0.717, 1.165) is 38.8 Å². The molecule has 0 bridgehead atoms. The van der Waals surface area contributed by atoms with Crippen molar-refractivity contribution in [2.45, 2.75) is 45.6 Å². The van der Waals surface area contributed by atoms with Crippen LogP contribution in [0.25, 0.3) is 0 Å². The zero-order valence-corrected chi connectivity index (χ0v) is 9.70. The van der Waals surface area contributed by atoms with Gasteiger partial charge in [-0.3, -0.25) is 9.69 Å². The summed E-state index contributed by atoms with van der Waals surface area (Å²) >= 11 is 0. The van der Waals surface area contributed by atoms with Gasteiger partial charge < -0.3 is 0 Å². The lowest BCUT2D eigenvalue weighted by molar-refractivity contribution is -0.121. The first-order valence-electron chi connectivity index (χ1n) is 5.82. The Morgan fingerprint density at radius 3 is 2.60 bits per heavy atom. The summed E-state index contributed by atoms with van der Waals surface area (Å²) in [5.74, 6) is 0.484. The van der Waals surface area contributed by atoms with Crippen molar-refractivity contribution < 1.29 is 4.79 Å². The van der Waals surface area contributed by atoms with Gasteiger partial charge in [-0.1, -0.05) is 6.92 Å². The van der Waals surface area contributed by atoms with E-state index in [0.29, 0.717) is 11.8 Å². The van der Waals surface area contributed by atoms with Gasteiger partial charge in [-0.05, 0) is 26.3 Å². The number of hydrogen-bond donors (Lipinski definition) is 0. The Bertz CT molecular complexity index is 247. The molecular weight excluding hydrogens is 188 g/mol. The number of nitrogens with zero attached hydrogens (tertiary/aromatic N) is 2. The van der Waals surface area contributed by atoms with E-state index in [9.17, 15) is 4.79 Å². The summed E-state index contributed by atoms with van der Waals surface area (Å²) in [5, 5.41) is 8.79. The molecule has 1 atom stereocenters. The van der Waals surface area contributed by atoms with E-state index in [4.69, 9.17) is 5.26 Å². The maximum Gasteiger partial charge on any atom is 0.133 e. The van der Waals surface area contributed by atoms with Gasteiger partial charge in [0.15, 0.2) is 0 Å². The second-order valence-electron chi connectivity index (χ2n) is 4.39. The molecule has 3 heteroatoms. The van der Waals surface area contributed by atoms with E-state index in [1.165, 1.54) is 0 Å². The van der Waals surface area contributed by atoms with Crippen LogP contribution in [0.3, 0.4) is 0 Å². The topological polar surface area (TPSA) is 44.1 Å². The highest BCUT2D eigenvalue weighted by Crippen LogP contribution is 2.21. The van der Waals surface area contributed by atoms with Crippen molar-refractivity contribution in [3.05, 3.63) is 0 Å². The molecule has 0 aromatic rings. The fourth-order valence-corrected chi connectivity index (χ4v) is 2.22. The number of carbonyl (C=O) groups excluding carboxylic acids is 1. The Labute approximate surface area is 92.1 Å². The fraction of sp³-hybridized carbons (Fsp3) is 0.833. The predicted molar refractivity (Wildman–Crippen MR) is 59.3 cm³/mol. The monoisotopic (exact) mass is 208 g/mol. The molecule has 0 aliphatic heterocycles. The van der Waals surface area contributed by atoms with Gasteiger partial charge in [0.25, 0.3) is 0 Å². The number of carbonyl (C=O) groups is 1. The van der Waals surface area contributed by atoms with E-state index in [1.54, 1.807) is 0 Å². The largest absolute Gasteiger partial charge is 0.300 e. The van der Waals surface area contributed by atoms with E-state index >= 15 is 0 Å². The van der Waals surface area contributed by atoms with Crippen LogP contribution < -0.4 is 0 Å². The van der Waals surface area contributed by atoms with Crippen LogP contribution in [0, 0.1) is 17.2 Å². The first-order chi connectivity index (χ1) is 7.17. The third kappa shape index (κ3) is 3.64. The van der Waals surface area contributed by atoms with Gasteiger partial charge in [-0.25, -0.2) is 0 Å². The molecule has 1 saturated carbocycles. The van der Waals surface area contributed by atoms with Crippen LogP contribution >= 0.6 is 0 Å². The number of nitriles is 1. The fourth-order valence-electron chi connectivity index (χ4n) is 2.22. The predicted octanol–water partition coefficient (Wildman–Crippen LogP) is 1.98. The molecule has 0 N–H and O–H groups in total. The molecule has 1 aliphatic rings. The van der Waals surface area contributed by atoms with Crippen LogP contribution in [-0.2, 0) is 4.79 Å². The minimum atomic E-state index is 0.0857. The summed E-state index contributed by atoms with van der Waals surface area (Å²) < 4.78 is 0. The van der Waals surface area contributed by atoms with Crippen LogP contribution in [0.2, 0.25) is 0 Å². The quantitative estimate of drug-likeness (QED) is 0.709. The van der Waals surface area contributed by atoms with Crippen molar-refractivity contribution in [1.82, 2.24) is 4.90 Å². The highest BCUT2D eigenvalue weighted by atomic mass is 16.1. The van der Waals surface area contributed by atoms with Crippen molar-refractivity contribution in [2.24, 2.45) is 5.92 Å². The van der Waals surface area contributed by atoms with Crippen molar-refractivity contribution in [3.63, 3.8) is 0 Å². The summed E-state index contributed by atoms with van der Waals surface area (Å²) in [6.07, 6.45) is 3.40. The highest BCUT2D eigenvalue weighted by molar-refractivity contribution is 5.79. The number of hydrogen-bond acceptors (Lipinski definition) is 3. The second-order valence-corrected chi connectivity index (χ2v) is 4.39. The first-order valence-corrected chi connectivity index (χ1v) is 5.82. The third-order valence-corrected chi connectivity index (χ3v) is 3.16. The molecule has 0 heterocycles. The average Bonchev–Trinajstić information content (AvgIpc) is 2.27. The average molecular weight is 208 g/mol. The summed E-state index contributed by atoms with van der Waals surface area (Å²) in [6, 6.07) is 2.79. The molecule has 3 nitrogen and oxygen atoms in total. The SMILES string of the molecule is CCN(CC(C)C#N)C1CCC(=O)CC1. The molecule has 0 radical (unpaired) electrons. The summed E-state index contributed by atoms with van der Waals surface area (Å²) in [5.41, 5.74) is 0. The second kappa shape index (κ2) is 5.87. The van der Waals surface area contributed by atoms with Crippen molar-refractivity contribution in [2.75, 3.05) is 13.1 Å². The van der Waals surface area contributed by atoms with Gasteiger partial charge in [0.2, 0.25) is 0 Å². The number of ketones is 1. The van der Waals surface area contributed by atoms with Crippen molar-refractivity contribution in [1.29, 1.82) is 5.26 Å². The number of Topliss-reactive ketones (excluding diaryl/α,β-unsaturated/α-hetero) is 1. The Balaban J connectivity index is 2.44. The summed E-state index contributed by atoms with van der Waals surface area (Å²) in [6.45, 7) is 5.90. The lowest BCUT2D eigenvalue weighted by atomic mass is 9.92. The Hall–Kier alpha value is -0.880. The molecule has 84 valence electrons. The number of rotatable bonds is 4. The molecule has 15 heavy (non-hydrogen) atoms. The van der Waals surface area contributed by atoms with Crippen LogP contribution in [-0.4, -0.2) is 29.8 Å². The standard InChI is InChI=1S/C12H20N2O/c1-3-14(9-10(2)8-13)11-4-6-12(15)7-5-11/h10-11H,3-7,9H2,1-2H3. The normalized spacial score (nSPS) is 20.3. The molecule has 0 aromatic carbocycles. The molecule has 0 amide bonds.